The minimum atomic E-state index is -0.980. The highest BCUT2D eigenvalue weighted by atomic mass is 35.5. The maximum atomic E-state index is 11.8. The monoisotopic (exact) mass is 623 g/mol. The number of hydrogen-bond acceptors (Lipinski definition) is 5. The molecule has 0 aliphatic heterocycles. The molecule has 0 unspecified atom stereocenters. The molecule has 228 valence electrons. The number of likely N-dealkylation sites (N-methyl/N-ethyl adjacent to an activating group) is 1. The minimum Gasteiger partial charge on any atom is -0.493 e. The van der Waals surface area contributed by atoms with Crippen LogP contribution in [0.3, 0.4) is 0 Å². The van der Waals surface area contributed by atoms with Crippen LogP contribution in [0.2, 0.25) is 10.0 Å². The van der Waals surface area contributed by atoms with Crippen LogP contribution in [0.1, 0.15) is 72.3 Å². The van der Waals surface area contributed by atoms with Crippen molar-refractivity contribution in [1.29, 1.82) is 0 Å². The Bertz CT molecular complexity index is 1550. The maximum Gasteiger partial charge on any atom is 0.339 e. The maximum absolute atomic E-state index is 11.8. The minimum absolute atomic E-state index is 0.202. The zero-order chi connectivity index (χ0) is 31.1. The van der Waals surface area contributed by atoms with Gasteiger partial charge in [-0.05, 0) is 84.8 Å². The van der Waals surface area contributed by atoms with Crippen LogP contribution in [-0.2, 0) is 13.0 Å². The van der Waals surface area contributed by atoms with E-state index in [0.717, 1.165) is 46.7 Å². The van der Waals surface area contributed by atoms with Crippen LogP contribution >= 0.6 is 23.2 Å². The van der Waals surface area contributed by atoms with E-state index in [-0.39, 0.29) is 11.5 Å². The van der Waals surface area contributed by atoms with E-state index in [4.69, 9.17) is 32.7 Å². The number of anilines is 1. The van der Waals surface area contributed by atoms with Crippen molar-refractivity contribution in [2.24, 2.45) is 0 Å². The standard InChI is InChI=1S/C34H39Cl2N3O4/c1-6-7-17-42-32-14-11-24(19-26(32)34(40)41)15-16-38(5)30-13-12-25(18-23(30)4)43-21-31-27(22(2)3)20-37-39(31)33-28(35)9-8-10-29(33)36/h8-14,18-20,22H,6-7,15-17,21H2,1-5H3,(H,40,41). The molecule has 0 fully saturated rings. The zero-order valence-corrected chi connectivity index (χ0v) is 26.9. The smallest absolute Gasteiger partial charge is 0.339 e. The third-order valence-corrected chi connectivity index (χ3v) is 8.00. The van der Waals surface area contributed by atoms with Crippen LogP contribution in [0.25, 0.3) is 5.69 Å². The molecule has 0 aliphatic carbocycles. The number of carboxylic acids is 1. The summed E-state index contributed by atoms with van der Waals surface area (Å²) in [6.07, 6.45) is 4.41. The van der Waals surface area contributed by atoms with Crippen molar-refractivity contribution in [3.63, 3.8) is 0 Å². The van der Waals surface area contributed by atoms with Crippen molar-refractivity contribution in [1.82, 2.24) is 9.78 Å². The molecule has 0 bridgehead atoms. The van der Waals surface area contributed by atoms with E-state index < -0.39 is 5.97 Å². The molecule has 4 aromatic rings. The zero-order valence-electron chi connectivity index (χ0n) is 25.4. The summed E-state index contributed by atoms with van der Waals surface area (Å²) in [6.45, 7) is 9.88. The predicted octanol–water partition coefficient (Wildman–Crippen LogP) is 8.75. The fourth-order valence-corrected chi connectivity index (χ4v) is 5.52. The van der Waals surface area contributed by atoms with Gasteiger partial charge in [-0.2, -0.15) is 5.10 Å². The molecular formula is C34H39Cl2N3O4. The quantitative estimate of drug-likeness (QED) is 0.141. The lowest BCUT2D eigenvalue weighted by atomic mass is 10.0. The van der Waals surface area contributed by atoms with Gasteiger partial charge in [-0.3, -0.25) is 0 Å². The molecule has 43 heavy (non-hydrogen) atoms. The molecule has 0 saturated carbocycles. The summed E-state index contributed by atoms with van der Waals surface area (Å²) < 4.78 is 13.7. The van der Waals surface area contributed by atoms with Gasteiger partial charge < -0.3 is 19.5 Å². The molecule has 4 rings (SSSR count). The van der Waals surface area contributed by atoms with E-state index in [0.29, 0.717) is 47.7 Å². The lowest BCUT2D eigenvalue weighted by Gasteiger charge is -2.22. The number of unbranched alkanes of at least 4 members (excludes halogenated alkanes) is 1. The first kappa shape index (κ1) is 32.2. The molecule has 0 amide bonds. The van der Waals surface area contributed by atoms with Crippen molar-refractivity contribution in [3.05, 3.63) is 98.8 Å². The number of halogens is 2. The Morgan fingerprint density at radius 1 is 1.07 bits per heavy atom. The van der Waals surface area contributed by atoms with Gasteiger partial charge in [-0.1, -0.05) is 62.5 Å². The second-order valence-corrected chi connectivity index (χ2v) is 11.7. The van der Waals surface area contributed by atoms with Crippen LogP contribution in [0, 0.1) is 6.92 Å². The summed E-state index contributed by atoms with van der Waals surface area (Å²) in [6, 6.07) is 16.9. The number of benzene rings is 3. The lowest BCUT2D eigenvalue weighted by molar-refractivity contribution is 0.0692. The number of hydrogen-bond donors (Lipinski definition) is 1. The second-order valence-electron chi connectivity index (χ2n) is 10.9. The summed E-state index contributed by atoms with van der Waals surface area (Å²) in [4.78, 5) is 14.0. The molecule has 0 saturated heterocycles. The molecule has 0 atom stereocenters. The van der Waals surface area contributed by atoms with Gasteiger partial charge in [0.25, 0.3) is 0 Å². The highest BCUT2D eigenvalue weighted by molar-refractivity contribution is 6.37. The van der Waals surface area contributed by atoms with Gasteiger partial charge in [0, 0.05) is 19.3 Å². The Morgan fingerprint density at radius 3 is 2.47 bits per heavy atom. The molecule has 0 spiro atoms. The fraction of sp³-hybridized carbons (Fsp3) is 0.353. The van der Waals surface area contributed by atoms with E-state index >= 15 is 0 Å². The van der Waals surface area contributed by atoms with Crippen LogP contribution in [0.5, 0.6) is 11.5 Å². The Labute approximate surface area is 264 Å². The molecule has 7 nitrogen and oxygen atoms in total. The van der Waals surface area contributed by atoms with Gasteiger partial charge >= 0.3 is 5.97 Å². The highest BCUT2D eigenvalue weighted by Crippen LogP contribution is 2.32. The third-order valence-electron chi connectivity index (χ3n) is 7.39. The van der Waals surface area contributed by atoms with Gasteiger partial charge in [0.15, 0.2) is 0 Å². The first-order valence-electron chi connectivity index (χ1n) is 14.6. The van der Waals surface area contributed by atoms with E-state index in [1.54, 1.807) is 28.9 Å². The molecule has 1 aromatic heterocycles. The summed E-state index contributed by atoms with van der Waals surface area (Å²) in [5.74, 6) is 0.421. The predicted molar refractivity (Wildman–Crippen MR) is 174 cm³/mol. The first-order valence-corrected chi connectivity index (χ1v) is 15.3. The summed E-state index contributed by atoms with van der Waals surface area (Å²) in [5, 5.41) is 15.3. The summed E-state index contributed by atoms with van der Waals surface area (Å²) in [7, 11) is 2.03. The number of carbonyl (C=O) groups is 1. The van der Waals surface area contributed by atoms with Gasteiger partial charge in [-0.15, -0.1) is 0 Å². The largest absolute Gasteiger partial charge is 0.493 e. The van der Waals surface area contributed by atoms with Crippen LogP contribution in [0.15, 0.2) is 60.8 Å². The van der Waals surface area contributed by atoms with Gasteiger partial charge in [0.05, 0.1) is 28.5 Å². The second kappa shape index (κ2) is 14.7. The number of aromatic nitrogens is 2. The van der Waals surface area contributed by atoms with Crippen LogP contribution in [0.4, 0.5) is 5.69 Å². The molecule has 9 heteroatoms. The lowest BCUT2D eigenvalue weighted by Crippen LogP contribution is -2.21. The van der Waals surface area contributed by atoms with Crippen LogP contribution in [-0.4, -0.2) is 41.1 Å². The van der Waals surface area contributed by atoms with E-state index in [1.165, 1.54) is 0 Å². The normalized spacial score (nSPS) is 11.2. The van der Waals surface area contributed by atoms with E-state index in [9.17, 15) is 9.90 Å². The number of para-hydroxylation sites is 1. The Hall–Kier alpha value is -3.68. The van der Waals surface area contributed by atoms with Crippen LogP contribution < -0.4 is 14.4 Å². The summed E-state index contributed by atoms with van der Waals surface area (Å²) in [5.41, 5.74) is 5.88. The number of carboxylic acid groups (broad SMARTS) is 1. The van der Waals surface area contributed by atoms with Crippen molar-refractivity contribution < 1.29 is 19.4 Å². The average Bonchev–Trinajstić information content (AvgIpc) is 3.39. The third kappa shape index (κ3) is 7.84. The number of rotatable bonds is 14. The SMILES string of the molecule is CCCCOc1ccc(CCN(C)c2ccc(OCc3c(C(C)C)cnn3-c3c(Cl)cccc3Cl)cc2C)cc1C(=O)O. The van der Waals surface area contributed by atoms with E-state index in [2.05, 4.69) is 37.7 Å². The molecular weight excluding hydrogens is 585 g/mol. The Balaban J connectivity index is 1.45. The van der Waals surface area contributed by atoms with Crippen molar-refractivity contribution in [2.45, 2.75) is 59.5 Å². The average molecular weight is 625 g/mol. The number of ether oxygens (including phenoxy) is 2. The molecule has 1 heterocycles. The molecule has 0 aliphatic rings. The van der Waals surface area contributed by atoms with Crippen molar-refractivity contribution in [2.75, 3.05) is 25.1 Å². The Morgan fingerprint density at radius 2 is 1.81 bits per heavy atom. The first-order chi connectivity index (χ1) is 20.6. The number of nitrogens with zero attached hydrogens (tertiary/aromatic N) is 3. The number of aromatic carboxylic acids is 1. The van der Waals surface area contributed by atoms with Gasteiger partial charge in [0.1, 0.15) is 29.4 Å². The molecule has 0 radical (unpaired) electrons. The van der Waals surface area contributed by atoms with Gasteiger partial charge in [-0.25, -0.2) is 9.48 Å². The number of aryl methyl sites for hydroxylation is 1. The van der Waals surface area contributed by atoms with E-state index in [1.807, 2.05) is 43.6 Å². The molecule has 3 aromatic carbocycles. The molecule has 1 N–H and O–H groups in total. The summed E-state index contributed by atoms with van der Waals surface area (Å²) >= 11 is 13.0. The van der Waals surface area contributed by atoms with Gasteiger partial charge in [0.2, 0.25) is 0 Å². The van der Waals surface area contributed by atoms with Crippen molar-refractivity contribution >= 4 is 34.9 Å². The Kier molecular flexibility index (Phi) is 11.0. The van der Waals surface area contributed by atoms with Crippen molar-refractivity contribution in [3.8, 4) is 17.2 Å². The fourth-order valence-electron chi connectivity index (χ4n) is 4.96. The topological polar surface area (TPSA) is 76.8 Å². The highest BCUT2D eigenvalue weighted by Gasteiger charge is 2.20.